The Morgan fingerprint density at radius 2 is 1.07 bits per heavy atom. The molecule has 0 amide bonds. The summed E-state index contributed by atoms with van der Waals surface area (Å²) in [5, 5.41) is 21.2. The van der Waals surface area contributed by atoms with Crippen LogP contribution >= 0.6 is 0 Å². The molecule has 0 aromatic heterocycles. The van der Waals surface area contributed by atoms with Crippen molar-refractivity contribution in [3.63, 3.8) is 0 Å². The lowest BCUT2D eigenvalue weighted by Crippen LogP contribution is -2.13. The minimum Gasteiger partial charge on any atom is -0.310 e. The van der Waals surface area contributed by atoms with Crippen molar-refractivity contribution in [2.45, 2.75) is 26.7 Å². The SMILES string of the molecule is Cc1cccc(N(c2cccc(C)c2)c2ccc3c(c2)Cc2cc4ccc(-c5cc(C#N)cc(C#N)c5)cc4cc2C3)c1. The quantitative estimate of drug-likeness (QED) is 0.219. The molecule has 1 aliphatic carbocycles. The molecule has 0 radical (unpaired) electrons. The largest absolute Gasteiger partial charge is 0.310 e. The molecule has 0 saturated heterocycles. The number of rotatable bonds is 4. The molecule has 0 heterocycles. The number of anilines is 3. The lowest BCUT2D eigenvalue weighted by molar-refractivity contribution is 1.00. The van der Waals surface area contributed by atoms with Crippen LogP contribution in [0.25, 0.3) is 21.9 Å². The van der Waals surface area contributed by atoms with E-state index in [0.29, 0.717) is 11.1 Å². The maximum Gasteiger partial charge on any atom is 0.0992 e. The number of benzene rings is 6. The summed E-state index contributed by atoms with van der Waals surface area (Å²) in [6.45, 7) is 4.28. The molecule has 0 atom stereocenters. The number of nitrogens with zero attached hydrogens (tertiary/aromatic N) is 3. The normalized spacial score (nSPS) is 11.7. The van der Waals surface area contributed by atoms with Crippen molar-refractivity contribution in [1.29, 1.82) is 10.5 Å². The average Bonchev–Trinajstić information content (AvgIpc) is 3.02. The average molecular weight is 552 g/mol. The Morgan fingerprint density at radius 3 is 1.70 bits per heavy atom. The molecule has 0 spiro atoms. The van der Waals surface area contributed by atoms with Crippen LogP contribution in [-0.2, 0) is 12.8 Å². The van der Waals surface area contributed by atoms with Gasteiger partial charge in [-0.3, -0.25) is 0 Å². The molecule has 0 aliphatic heterocycles. The molecular formula is C40H29N3. The summed E-state index contributed by atoms with van der Waals surface area (Å²) in [5.41, 5.74) is 14.3. The van der Waals surface area contributed by atoms with Crippen molar-refractivity contribution in [1.82, 2.24) is 0 Å². The molecule has 0 unspecified atom stereocenters. The number of nitriles is 2. The van der Waals surface area contributed by atoms with E-state index in [-0.39, 0.29) is 0 Å². The number of fused-ring (bicyclic) bond motifs is 3. The molecule has 3 heteroatoms. The summed E-state index contributed by atoms with van der Waals surface area (Å²) in [5.74, 6) is 0. The maximum atomic E-state index is 9.44. The molecule has 204 valence electrons. The smallest absolute Gasteiger partial charge is 0.0992 e. The zero-order valence-electron chi connectivity index (χ0n) is 24.2. The van der Waals surface area contributed by atoms with Crippen molar-refractivity contribution >= 4 is 27.8 Å². The highest BCUT2D eigenvalue weighted by molar-refractivity contribution is 5.89. The zero-order chi connectivity index (χ0) is 29.5. The van der Waals surface area contributed by atoms with Crippen LogP contribution in [-0.4, -0.2) is 0 Å². The maximum absolute atomic E-state index is 9.44. The minimum absolute atomic E-state index is 0.499. The Kier molecular flexibility index (Phi) is 6.50. The predicted molar refractivity (Wildman–Crippen MR) is 175 cm³/mol. The Bertz CT molecular complexity index is 2060. The Labute approximate surface area is 252 Å². The fourth-order valence-corrected chi connectivity index (χ4v) is 6.30. The van der Waals surface area contributed by atoms with E-state index in [1.165, 1.54) is 49.8 Å². The van der Waals surface area contributed by atoms with E-state index in [2.05, 4.69) is 128 Å². The van der Waals surface area contributed by atoms with Crippen LogP contribution in [0.5, 0.6) is 0 Å². The molecule has 1 aliphatic rings. The standard InChI is InChI=1S/C40H29N3/c1-26-5-3-7-38(13-26)43(39-8-4-6-27(2)14-39)40-12-11-32-20-35-21-34-18-30(33-16-28(24-41)15-29(17-33)25-42)9-10-31(34)19-36(35)22-37(32)23-40/h3-19,21,23H,20,22H2,1-2H3. The third kappa shape index (κ3) is 5.03. The van der Waals surface area contributed by atoms with Crippen molar-refractivity contribution < 1.29 is 0 Å². The van der Waals surface area contributed by atoms with Gasteiger partial charge in [-0.1, -0.05) is 54.6 Å². The second-order valence-corrected chi connectivity index (χ2v) is 11.5. The first-order chi connectivity index (χ1) is 21.0. The van der Waals surface area contributed by atoms with Crippen LogP contribution in [0, 0.1) is 36.5 Å². The predicted octanol–water partition coefficient (Wildman–Crippen LogP) is 9.83. The molecule has 0 N–H and O–H groups in total. The summed E-state index contributed by atoms with van der Waals surface area (Å²) in [4.78, 5) is 2.36. The van der Waals surface area contributed by atoms with E-state index in [9.17, 15) is 10.5 Å². The van der Waals surface area contributed by atoms with E-state index < -0.39 is 0 Å². The molecule has 43 heavy (non-hydrogen) atoms. The van der Waals surface area contributed by atoms with Crippen LogP contribution in [0.3, 0.4) is 0 Å². The summed E-state index contributed by atoms with van der Waals surface area (Å²) in [7, 11) is 0. The highest BCUT2D eigenvalue weighted by atomic mass is 15.1. The molecule has 0 fully saturated rings. The molecule has 3 nitrogen and oxygen atoms in total. The van der Waals surface area contributed by atoms with Gasteiger partial charge in [0.1, 0.15) is 0 Å². The third-order valence-electron chi connectivity index (χ3n) is 8.41. The van der Waals surface area contributed by atoms with Crippen LogP contribution in [0.4, 0.5) is 17.1 Å². The van der Waals surface area contributed by atoms with Gasteiger partial charge in [0.05, 0.1) is 23.3 Å². The van der Waals surface area contributed by atoms with Gasteiger partial charge in [0.25, 0.3) is 0 Å². The highest BCUT2D eigenvalue weighted by Crippen LogP contribution is 2.39. The lowest BCUT2D eigenvalue weighted by atomic mass is 9.84. The summed E-state index contributed by atoms with van der Waals surface area (Å²) >= 11 is 0. The zero-order valence-corrected chi connectivity index (χ0v) is 24.2. The second-order valence-electron chi connectivity index (χ2n) is 11.5. The lowest BCUT2D eigenvalue weighted by Gasteiger charge is -2.28. The topological polar surface area (TPSA) is 50.8 Å². The molecule has 0 saturated carbocycles. The second kappa shape index (κ2) is 10.6. The van der Waals surface area contributed by atoms with Gasteiger partial charge in [-0.2, -0.15) is 10.5 Å². The van der Waals surface area contributed by atoms with E-state index in [4.69, 9.17) is 0 Å². The highest BCUT2D eigenvalue weighted by Gasteiger charge is 2.20. The van der Waals surface area contributed by atoms with Gasteiger partial charge < -0.3 is 4.90 Å². The van der Waals surface area contributed by atoms with E-state index in [1.54, 1.807) is 6.07 Å². The van der Waals surface area contributed by atoms with Gasteiger partial charge in [0, 0.05) is 17.1 Å². The first-order valence-corrected chi connectivity index (χ1v) is 14.5. The minimum atomic E-state index is 0.499. The Morgan fingerprint density at radius 1 is 0.488 bits per heavy atom. The first kappa shape index (κ1) is 26.3. The van der Waals surface area contributed by atoms with Crippen LogP contribution in [0.1, 0.15) is 44.5 Å². The van der Waals surface area contributed by atoms with Gasteiger partial charge in [0.2, 0.25) is 0 Å². The molecule has 0 bridgehead atoms. The Hall–Kier alpha value is -5.64. The van der Waals surface area contributed by atoms with E-state index >= 15 is 0 Å². The first-order valence-electron chi connectivity index (χ1n) is 14.5. The van der Waals surface area contributed by atoms with Crippen molar-refractivity contribution in [2.24, 2.45) is 0 Å². The van der Waals surface area contributed by atoms with Gasteiger partial charge in [-0.05, 0) is 143 Å². The van der Waals surface area contributed by atoms with E-state index in [1.807, 2.05) is 12.1 Å². The summed E-state index contributed by atoms with van der Waals surface area (Å²) in [6.07, 6.45) is 1.78. The monoisotopic (exact) mass is 551 g/mol. The van der Waals surface area contributed by atoms with Crippen LogP contribution < -0.4 is 4.90 Å². The van der Waals surface area contributed by atoms with E-state index in [0.717, 1.165) is 35.3 Å². The Balaban J connectivity index is 1.26. The molecule has 6 aromatic carbocycles. The fraction of sp³-hybridized carbons (Fsp3) is 0.100. The molecule has 7 rings (SSSR count). The number of hydrogen-bond acceptors (Lipinski definition) is 3. The van der Waals surface area contributed by atoms with Crippen molar-refractivity contribution in [3.8, 4) is 23.3 Å². The van der Waals surface area contributed by atoms with Crippen molar-refractivity contribution in [3.05, 3.63) is 160 Å². The fourth-order valence-electron chi connectivity index (χ4n) is 6.30. The number of aryl methyl sites for hydroxylation is 2. The summed E-state index contributed by atoms with van der Waals surface area (Å²) < 4.78 is 0. The van der Waals surface area contributed by atoms with Crippen molar-refractivity contribution in [2.75, 3.05) is 4.90 Å². The van der Waals surface area contributed by atoms with Gasteiger partial charge in [-0.25, -0.2) is 0 Å². The third-order valence-corrected chi connectivity index (χ3v) is 8.41. The van der Waals surface area contributed by atoms with Gasteiger partial charge in [-0.15, -0.1) is 0 Å². The van der Waals surface area contributed by atoms with Crippen LogP contribution in [0.2, 0.25) is 0 Å². The molecular weight excluding hydrogens is 522 g/mol. The summed E-state index contributed by atoms with van der Waals surface area (Å²) in [6, 6.07) is 45.1. The number of hydrogen-bond donors (Lipinski definition) is 0. The van der Waals surface area contributed by atoms with Gasteiger partial charge >= 0.3 is 0 Å². The van der Waals surface area contributed by atoms with Crippen LogP contribution in [0.15, 0.2) is 115 Å². The molecule has 6 aromatic rings. The van der Waals surface area contributed by atoms with Gasteiger partial charge in [0.15, 0.2) is 0 Å².